The van der Waals surface area contributed by atoms with E-state index in [1.54, 1.807) is 0 Å². The van der Waals surface area contributed by atoms with Gasteiger partial charge in [0.25, 0.3) is 5.91 Å². The van der Waals surface area contributed by atoms with Gasteiger partial charge in [-0.1, -0.05) is 0 Å². The van der Waals surface area contributed by atoms with Crippen molar-refractivity contribution < 1.29 is 9.53 Å². The highest BCUT2D eigenvalue weighted by Gasteiger charge is 2.23. The monoisotopic (exact) mass is 254 g/mol. The number of aryl methyl sites for hydroxylation is 1. The van der Waals surface area contributed by atoms with Gasteiger partial charge in [-0.3, -0.25) is 4.79 Å². The standard InChI is InChI=1S/C12H18N2O2S/c1-3-14(6-10-4-5-16-7-10)12(15)11-8-17-9(2)13-11/h8,10H,3-7H2,1-2H3. The van der Waals surface area contributed by atoms with Gasteiger partial charge in [-0.15, -0.1) is 11.3 Å². The first-order valence-electron chi connectivity index (χ1n) is 6.00. The molecule has 0 aliphatic carbocycles. The molecule has 1 aliphatic heterocycles. The van der Waals surface area contributed by atoms with Crippen LogP contribution in [0.15, 0.2) is 5.38 Å². The molecule has 1 unspecified atom stereocenters. The average Bonchev–Trinajstić information content (AvgIpc) is 2.96. The van der Waals surface area contributed by atoms with Crippen molar-refractivity contribution in [1.29, 1.82) is 0 Å². The predicted molar refractivity (Wildman–Crippen MR) is 67.4 cm³/mol. The van der Waals surface area contributed by atoms with Crippen molar-refractivity contribution >= 4 is 17.2 Å². The highest BCUT2D eigenvalue weighted by atomic mass is 32.1. The first kappa shape index (κ1) is 12.5. The summed E-state index contributed by atoms with van der Waals surface area (Å²) < 4.78 is 5.34. The number of carbonyl (C=O) groups is 1. The summed E-state index contributed by atoms with van der Waals surface area (Å²) in [5.74, 6) is 0.530. The number of hydrogen-bond acceptors (Lipinski definition) is 4. The Labute approximate surface area is 106 Å². The van der Waals surface area contributed by atoms with Gasteiger partial charge in [0.15, 0.2) is 0 Å². The molecule has 1 fully saturated rings. The summed E-state index contributed by atoms with van der Waals surface area (Å²) in [4.78, 5) is 18.3. The number of aromatic nitrogens is 1. The molecule has 0 aromatic carbocycles. The van der Waals surface area contributed by atoms with Gasteiger partial charge < -0.3 is 9.64 Å². The summed E-state index contributed by atoms with van der Waals surface area (Å²) in [5.41, 5.74) is 0.577. The third kappa shape index (κ3) is 3.04. The second-order valence-electron chi connectivity index (χ2n) is 4.33. The van der Waals surface area contributed by atoms with Crippen molar-refractivity contribution in [2.75, 3.05) is 26.3 Å². The maximum atomic E-state index is 12.2. The van der Waals surface area contributed by atoms with Gasteiger partial charge in [0.1, 0.15) is 5.69 Å². The summed E-state index contributed by atoms with van der Waals surface area (Å²) in [6, 6.07) is 0. The molecule has 0 bridgehead atoms. The zero-order valence-corrected chi connectivity index (χ0v) is 11.1. The molecular formula is C12H18N2O2S. The van der Waals surface area contributed by atoms with E-state index in [9.17, 15) is 4.79 Å². The Kier molecular flexibility index (Phi) is 4.12. The third-order valence-electron chi connectivity index (χ3n) is 3.01. The first-order chi connectivity index (χ1) is 8.20. The van der Waals surface area contributed by atoms with E-state index in [2.05, 4.69) is 4.98 Å². The highest BCUT2D eigenvalue weighted by Crippen LogP contribution is 2.16. The van der Waals surface area contributed by atoms with Crippen molar-refractivity contribution in [2.45, 2.75) is 20.3 Å². The van der Waals surface area contributed by atoms with Crippen LogP contribution in [0.2, 0.25) is 0 Å². The largest absolute Gasteiger partial charge is 0.381 e. The lowest BCUT2D eigenvalue weighted by molar-refractivity contribution is 0.0725. The minimum atomic E-state index is 0.0451. The topological polar surface area (TPSA) is 42.4 Å². The lowest BCUT2D eigenvalue weighted by Crippen LogP contribution is -2.35. The van der Waals surface area contributed by atoms with Crippen LogP contribution in [0.4, 0.5) is 0 Å². The molecule has 2 rings (SSSR count). The Morgan fingerprint density at radius 3 is 3.06 bits per heavy atom. The second-order valence-corrected chi connectivity index (χ2v) is 5.39. The van der Waals surface area contributed by atoms with Crippen LogP contribution in [0, 0.1) is 12.8 Å². The quantitative estimate of drug-likeness (QED) is 0.824. The summed E-state index contributed by atoms with van der Waals surface area (Å²) in [5, 5.41) is 2.78. The van der Waals surface area contributed by atoms with E-state index in [1.165, 1.54) is 11.3 Å². The normalized spacial score (nSPS) is 19.5. The fraction of sp³-hybridized carbons (Fsp3) is 0.667. The van der Waals surface area contributed by atoms with E-state index in [1.807, 2.05) is 24.1 Å². The molecule has 0 spiro atoms. The van der Waals surface area contributed by atoms with Gasteiger partial charge in [-0.2, -0.15) is 0 Å². The van der Waals surface area contributed by atoms with Crippen LogP contribution < -0.4 is 0 Å². The minimum Gasteiger partial charge on any atom is -0.381 e. The molecule has 1 aromatic heterocycles. The molecule has 4 nitrogen and oxygen atoms in total. The smallest absolute Gasteiger partial charge is 0.273 e. The minimum absolute atomic E-state index is 0.0451. The third-order valence-corrected chi connectivity index (χ3v) is 3.78. The van der Waals surface area contributed by atoms with Crippen molar-refractivity contribution in [3.8, 4) is 0 Å². The van der Waals surface area contributed by atoms with Gasteiger partial charge in [-0.25, -0.2) is 4.98 Å². The van der Waals surface area contributed by atoms with Crippen molar-refractivity contribution in [3.05, 3.63) is 16.1 Å². The number of nitrogens with zero attached hydrogens (tertiary/aromatic N) is 2. The predicted octanol–water partition coefficient (Wildman–Crippen LogP) is 1.95. The molecule has 1 amide bonds. The summed E-state index contributed by atoms with van der Waals surface area (Å²) >= 11 is 1.52. The number of rotatable bonds is 4. The molecule has 2 heterocycles. The van der Waals surface area contributed by atoms with Gasteiger partial charge >= 0.3 is 0 Å². The van der Waals surface area contributed by atoms with Crippen LogP contribution >= 0.6 is 11.3 Å². The summed E-state index contributed by atoms with van der Waals surface area (Å²) in [6.45, 7) is 7.04. The van der Waals surface area contributed by atoms with Crippen molar-refractivity contribution in [2.24, 2.45) is 5.92 Å². The number of amides is 1. The molecule has 0 saturated carbocycles. The van der Waals surface area contributed by atoms with Crippen LogP contribution in [0.25, 0.3) is 0 Å². The fourth-order valence-corrected chi connectivity index (χ4v) is 2.61. The van der Waals surface area contributed by atoms with Gasteiger partial charge in [-0.05, 0) is 20.3 Å². The van der Waals surface area contributed by atoms with E-state index < -0.39 is 0 Å². The van der Waals surface area contributed by atoms with Crippen molar-refractivity contribution in [3.63, 3.8) is 0 Å². The van der Waals surface area contributed by atoms with Crippen LogP contribution in [0.5, 0.6) is 0 Å². The van der Waals surface area contributed by atoms with Gasteiger partial charge in [0.05, 0.1) is 11.6 Å². The molecule has 0 radical (unpaired) electrons. The molecule has 5 heteroatoms. The lowest BCUT2D eigenvalue weighted by atomic mass is 10.1. The second kappa shape index (κ2) is 5.60. The first-order valence-corrected chi connectivity index (χ1v) is 6.87. The van der Waals surface area contributed by atoms with Gasteiger partial charge in [0.2, 0.25) is 0 Å². The SMILES string of the molecule is CCN(CC1CCOC1)C(=O)c1csc(C)n1. The Hall–Kier alpha value is -0.940. The summed E-state index contributed by atoms with van der Waals surface area (Å²) in [7, 11) is 0. The van der Waals surface area contributed by atoms with E-state index in [0.717, 1.165) is 37.7 Å². The van der Waals surface area contributed by atoms with E-state index in [-0.39, 0.29) is 5.91 Å². The Morgan fingerprint density at radius 1 is 1.71 bits per heavy atom. The fourth-order valence-electron chi connectivity index (χ4n) is 2.02. The van der Waals surface area contributed by atoms with E-state index in [4.69, 9.17) is 4.74 Å². The molecule has 17 heavy (non-hydrogen) atoms. The Balaban J connectivity index is 1.99. The molecule has 1 aliphatic rings. The molecule has 1 saturated heterocycles. The zero-order valence-electron chi connectivity index (χ0n) is 10.3. The number of thiazole rings is 1. The average molecular weight is 254 g/mol. The van der Waals surface area contributed by atoms with Gasteiger partial charge in [0, 0.05) is 31.0 Å². The summed E-state index contributed by atoms with van der Waals surface area (Å²) in [6.07, 6.45) is 1.06. The maximum Gasteiger partial charge on any atom is 0.273 e. The van der Waals surface area contributed by atoms with Crippen molar-refractivity contribution in [1.82, 2.24) is 9.88 Å². The van der Waals surface area contributed by atoms with Crippen LogP contribution in [-0.2, 0) is 4.74 Å². The Morgan fingerprint density at radius 2 is 2.53 bits per heavy atom. The number of ether oxygens (including phenoxy) is 1. The molecule has 1 atom stereocenters. The molecular weight excluding hydrogens is 236 g/mol. The highest BCUT2D eigenvalue weighted by molar-refractivity contribution is 7.09. The lowest BCUT2D eigenvalue weighted by Gasteiger charge is -2.22. The Bertz CT molecular complexity index is 386. The van der Waals surface area contributed by atoms with E-state index >= 15 is 0 Å². The van der Waals surface area contributed by atoms with Crippen LogP contribution in [0.3, 0.4) is 0 Å². The zero-order chi connectivity index (χ0) is 12.3. The van der Waals surface area contributed by atoms with E-state index in [0.29, 0.717) is 11.6 Å². The molecule has 0 N–H and O–H groups in total. The number of hydrogen-bond donors (Lipinski definition) is 0. The molecule has 94 valence electrons. The number of carbonyl (C=O) groups excluding carboxylic acids is 1. The van der Waals surface area contributed by atoms with Crippen LogP contribution in [0.1, 0.15) is 28.8 Å². The van der Waals surface area contributed by atoms with Crippen LogP contribution in [-0.4, -0.2) is 42.1 Å². The maximum absolute atomic E-state index is 12.2. The molecule has 1 aromatic rings.